The molecule has 0 aliphatic carbocycles. The summed E-state index contributed by atoms with van der Waals surface area (Å²) in [6, 6.07) is -1.27. The molecule has 1 aliphatic rings. The van der Waals surface area contributed by atoms with E-state index in [0.29, 0.717) is 19.6 Å². The van der Waals surface area contributed by atoms with E-state index in [2.05, 4.69) is 0 Å². The van der Waals surface area contributed by atoms with Gasteiger partial charge < -0.3 is 4.90 Å². The Bertz CT molecular complexity index is 171. The van der Waals surface area contributed by atoms with E-state index in [1.807, 2.05) is 25.8 Å². The summed E-state index contributed by atoms with van der Waals surface area (Å²) in [6.07, 6.45) is -3.91. The van der Waals surface area contributed by atoms with Crippen LogP contribution >= 0.6 is 0 Å². The molecule has 1 fully saturated rings. The van der Waals surface area contributed by atoms with Crippen LogP contribution in [0.5, 0.6) is 0 Å². The zero-order valence-electron chi connectivity index (χ0n) is 9.93. The van der Waals surface area contributed by atoms with Crippen molar-refractivity contribution in [2.45, 2.75) is 32.5 Å². The van der Waals surface area contributed by atoms with E-state index in [1.165, 1.54) is 11.9 Å². The fourth-order valence-electron chi connectivity index (χ4n) is 1.57. The highest BCUT2D eigenvalue weighted by molar-refractivity contribution is 4.81. The maximum Gasteiger partial charge on any atom is 0.404 e. The quantitative estimate of drug-likeness (QED) is 0.625. The van der Waals surface area contributed by atoms with Crippen LogP contribution in [0.4, 0.5) is 13.2 Å². The summed E-state index contributed by atoms with van der Waals surface area (Å²) in [6.45, 7) is 5.72. The Morgan fingerprint density at radius 3 is 2.00 bits per heavy atom. The highest BCUT2D eigenvalue weighted by Gasteiger charge is 2.42. The summed E-state index contributed by atoms with van der Waals surface area (Å²) >= 11 is 0. The third-order valence-corrected chi connectivity index (χ3v) is 2.53. The SMILES string of the molecule is CC.CN1CCC(C(F)(F)F)N(C)CC1. The van der Waals surface area contributed by atoms with Crippen molar-refractivity contribution >= 4 is 0 Å². The van der Waals surface area contributed by atoms with Crippen molar-refractivity contribution < 1.29 is 13.2 Å². The minimum Gasteiger partial charge on any atom is -0.305 e. The minimum absolute atomic E-state index is 0.177. The number of hydrogen-bond acceptors (Lipinski definition) is 2. The van der Waals surface area contributed by atoms with E-state index < -0.39 is 12.2 Å². The van der Waals surface area contributed by atoms with Crippen molar-refractivity contribution in [2.75, 3.05) is 33.7 Å². The molecule has 1 rings (SSSR count). The number of likely N-dealkylation sites (N-methyl/N-ethyl adjacent to an activating group) is 2. The summed E-state index contributed by atoms with van der Waals surface area (Å²) in [5, 5.41) is 0. The first-order valence-corrected chi connectivity index (χ1v) is 5.37. The van der Waals surface area contributed by atoms with E-state index in [4.69, 9.17) is 0 Å². The van der Waals surface area contributed by atoms with Gasteiger partial charge in [0.15, 0.2) is 0 Å². The summed E-state index contributed by atoms with van der Waals surface area (Å²) < 4.78 is 37.3. The summed E-state index contributed by atoms with van der Waals surface area (Å²) in [7, 11) is 3.39. The smallest absolute Gasteiger partial charge is 0.305 e. The first kappa shape index (κ1) is 14.7. The summed E-state index contributed by atoms with van der Waals surface area (Å²) in [5.41, 5.74) is 0. The van der Waals surface area contributed by atoms with Crippen molar-refractivity contribution in [3.8, 4) is 0 Å². The zero-order valence-corrected chi connectivity index (χ0v) is 9.93. The van der Waals surface area contributed by atoms with Crippen LogP contribution in [-0.4, -0.2) is 55.7 Å². The van der Waals surface area contributed by atoms with Crippen LogP contribution < -0.4 is 0 Å². The molecule has 0 aromatic carbocycles. The molecule has 1 saturated heterocycles. The number of hydrogen-bond donors (Lipinski definition) is 0. The molecule has 1 atom stereocenters. The Kier molecular flexibility index (Phi) is 6.20. The van der Waals surface area contributed by atoms with E-state index in [0.717, 1.165) is 0 Å². The lowest BCUT2D eigenvalue weighted by atomic mass is 10.2. The number of alkyl halides is 3. The average molecular weight is 226 g/mol. The van der Waals surface area contributed by atoms with E-state index in [9.17, 15) is 13.2 Å². The first-order chi connectivity index (χ1) is 6.91. The fraction of sp³-hybridized carbons (Fsp3) is 1.00. The van der Waals surface area contributed by atoms with Gasteiger partial charge in [-0.25, -0.2) is 0 Å². The van der Waals surface area contributed by atoms with E-state index >= 15 is 0 Å². The van der Waals surface area contributed by atoms with Gasteiger partial charge in [0.2, 0.25) is 0 Å². The highest BCUT2D eigenvalue weighted by atomic mass is 19.4. The Balaban J connectivity index is 0.000000921. The summed E-state index contributed by atoms with van der Waals surface area (Å²) in [5.74, 6) is 0. The highest BCUT2D eigenvalue weighted by Crippen LogP contribution is 2.27. The Morgan fingerprint density at radius 1 is 1.00 bits per heavy atom. The third-order valence-electron chi connectivity index (χ3n) is 2.53. The fourth-order valence-corrected chi connectivity index (χ4v) is 1.57. The van der Waals surface area contributed by atoms with Gasteiger partial charge in [-0.3, -0.25) is 4.90 Å². The molecule has 92 valence electrons. The topological polar surface area (TPSA) is 6.48 Å². The molecule has 0 radical (unpaired) electrons. The van der Waals surface area contributed by atoms with Crippen LogP contribution in [-0.2, 0) is 0 Å². The average Bonchev–Trinajstić information content (AvgIpc) is 2.31. The second-order valence-electron chi connectivity index (χ2n) is 3.63. The first-order valence-electron chi connectivity index (χ1n) is 5.37. The molecule has 0 aromatic heterocycles. The number of nitrogens with zero attached hydrogens (tertiary/aromatic N) is 2. The van der Waals surface area contributed by atoms with Crippen LogP contribution in [0.25, 0.3) is 0 Å². The molecule has 1 unspecified atom stereocenters. The zero-order chi connectivity index (χ0) is 12.1. The standard InChI is InChI=1S/C8H15F3N2.C2H6/c1-12-4-3-7(8(9,10)11)13(2)6-5-12;1-2/h7H,3-6H2,1-2H3;1-2H3. The molecule has 1 heterocycles. The molecule has 0 N–H and O–H groups in total. The van der Waals surface area contributed by atoms with Gasteiger partial charge in [-0.2, -0.15) is 13.2 Å². The number of rotatable bonds is 0. The normalized spacial score (nSPS) is 25.4. The van der Waals surface area contributed by atoms with Crippen molar-refractivity contribution in [1.29, 1.82) is 0 Å². The lowest BCUT2D eigenvalue weighted by Gasteiger charge is -2.27. The Labute approximate surface area is 90.0 Å². The van der Waals surface area contributed by atoms with Crippen molar-refractivity contribution in [1.82, 2.24) is 9.80 Å². The second-order valence-corrected chi connectivity index (χ2v) is 3.63. The van der Waals surface area contributed by atoms with Gasteiger partial charge in [-0.05, 0) is 27.1 Å². The molecule has 0 amide bonds. The minimum atomic E-state index is -4.08. The summed E-state index contributed by atoms with van der Waals surface area (Å²) in [4.78, 5) is 3.33. The molecular weight excluding hydrogens is 205 g/mol. The molecule has 0 bridgehead atoms. The van der Waals surface area contributed by atoms with E-state index in [1.54, 1.807) is 0 Å². The van der Waals surface area contributed by atoms with Crippen molar-refractivity contribution in [3.63, 3.8) is 0 Å². The predicted octanol–water partition coefficient (Wildman–Crippen LogP) is 2.21. The van der Waals surface area contributed by atoms with Gasteiger partial charge in [0.25, 0.3) is 0 Å². The van der Waals surface area contributed by atoms with Crippen LogP contribution in [0.15, 0.2) is 0 Å². The van der Waals surface area contributed by atoms with Gasteiger partial charge in [-0.1, -0.05) is 13.8 Å². The van der Waals surface area contributed by atoms with Gasteiger partial charge in [0.05, 0.1) is 0 Å². The molecule has 5 heteroatoms. The molecule has 0 aromatic rings. The van der Waals surface area contributed by atoms with Crippen LogP contribution in [0.3, 0.4) is 0 Å². The molecule has 2 nitrogen and oxygen atoms in total. The van der Waals surface area contributed by atoms with Crippen LogP contribution in [0, 0.1) is 0 Å². The third kappa shape index (κ3) is 4.84. The van der Waals surface area contributed by atoms with Gasteiger partial charge in [-0.15, -0.1) is 0 Å². The Hall–Kier alpha value is -0.290. The molecule has 1 aliphatic heterocycles. The number of halogens is 3. The van der Waals surface area contributed by atoms with Crippen LogP contribution in [0.1, 0.15) is 20.3 Å². The Morgan fingerprint density at radius 2 is 1.53 bits per heavy atom. The molecule has 15 heavy (non-hydrogen) atoms. The monoisotopic (exact) mass is 226 g/mol. The lowest BCUT2D eigenvalue weighted by Crippen LogP contribution is -2.43. The van der Waals surface area contributed by atoms with Crippen molar-refractivity contribution in [3.05, 3.63) is 0 Å². The van der Waals surface area contributed by atoms with Gasteiger partial charge >= 0.3 is 6.18 Å². The van der Waals surface area contributed by atoms with Gasteiger partial charge in [0, 0.05) is 13.1 Å². The molecule has 0 spiro atoms. The maximum atomic E-state index is 12.4. The molecule has 0 saturated carbocycles. The van der Waals surface area contributed by atoms with Crippen molar-refractivity contribution in [2.24, 2.45) is 0 Å². The largest absolute Gasteiger partial charge is 0.404 e. The molecular formula is C10H21F3N2. The maximum absolute atomic E-state index is 12.4. The second kappa shape index (κ2) is 6.33. The predicted molar refractivity (Wildman–Crippen MR) is 55.9 cm³/mol. The van der Waals surface area contributed by atoms with Crippen LogP contribution in [0.2, 0.25) is 0 Å². The van der Waals surface area contributed by atoms with Gasteiger partial charge in [0.1, 0.15) is 6.04 Å². The lowest BCUT2D eigenvalue weighted by molar-refractivity contribution is -0.179. The van der Waals surface area contributed by atoms with E-state index in [-0.39, 0.29) is 6.42 Å².